The number of carbonyl (C=O) groups is 1. The molecule has 1 unspecified atom stereocenters. The predicted molar refractivity (Wildman–Crippen MR) is 74.4 cm³/mol. The molecular formula is C13H23ClF2N2O2. The SMILES string of the molecule is CN(CCC1CCOCC1)C(=O)C1CC(F)(F)CN1.Cl. The van der Waals surface area contributed by atoms with Crippen molar-refractivity contribution in [2.24, 2.45) is 5.92 Å². The molecule has 0 aliphatic carbocycles. The largest absolute Gasteiger partial charge is 0.381 e. The monoisotopic (exact) mass is 312 g/mol. The maximum Gasteiger partial charge on any atom is 0.262 e. The van der Waals surface area contributed by atoms with E-state index in [0.717, 1.165) is 32.5 Å². The van der Waals surface area contributed by atoms with Crippen LogP contribution in [0.15, 0.2) is 0 Å². The van der Waals surface area contributed by atoms with Crippen molar-refractivity contribution >= 4 is 18.3 Å². The third kappa shape index (κ3) is 4.82. The summed E-state index contributed by atoms with van der Waals surface area (Å²) in [4.78, 5) is 13.6. The Balaban J connectivity index is 0.00000200. The van der Waals surface area contributed by atoms with Crippen LogP contribution in [0.5, 0.6) is 0 Å². The van der Waals surface area contributed by atoms with Crippen molar-refractivity contribution in [3.05, 3.63) is 0 Å². The first-order valence-corrected chi connectivity index (χ1v) is 6.92. The highest BCUT2D eigenvalue weighted by molar-refractivity contribution is 5.85. The molecule has 20 heavy (non-hydrogen) atoms. The van der Waals surface area contributed by atoms with Gasteiger partial charge in [0.05, 0.1) is 12.6 Å². The second-order valence-electron chi connectivity index (χ2n) is 5.60. The smallest absolute Gasteiger partial charge is 0.262 e. The van der Waals surface area contributed by atoms with E-state index in [0.29, 0.717) is 12.5 Å². The quantitative estimate of drug-likeness (QED) is 0.859. The standard InChI is InChI=1S/C13H22F2N2O2.ClH/c1-17(5-2-10-3-6-19-7-4-10)12(18)11-8-13(14,15)9-16-11;/h10-11,16H,2-9H2,1H3;1H. The van der Waals surface area contributed by atoms with Gasteiger partial charge < -0.3 is 9.64 Å². The molecule has 4 nitrogen and oxygen atoms in total. The molecule has 7 heteroatoms. The molecule has 2 fully saturated rings. The van der Waals surface area contributed by atoms with E-state index in [1.807, 2.05) is 0 Å². The molecule has 0 aromatic heterocycles. The van der Waals surface area contributed by atoms with Crippen LogP contribution in [0.2, 0.25) is 0 Å². The van der Waals surface area contributed by atoms with Crippen molar-refractivity contribution in [3.8, 4) is 0 Å². The molecule has 0 aromatic rings. The molecule has 2 heterocycles. The van der Waals surface area contributed by atoms with E-state index in [-0.39, 0.29) is 24.7 Å². The summed E-state index contributed by atoms with van der Waals surface area (Å²) < 4.78 is 31.4. The van der Waals surface area contributed by atoms with Crippen molar-refractivity contribution < 1.29 is 18.3 Å². The third-order valence-electron chi connectivity index (χ3n) is 4.00. The van der Waals surface area contributed by atoms with E-state index < -0.39 is 18.5 Å². The number of nitrogens with one attached hydrogen (secondary N) is 1. The molecule has 2 aliphatic rings. The Hall–Kier alpha value is -0.460. The van der Waals surface area contributed by atoms with E-state index in [1.54, 1.807) is 11.9 Å². The van der Waals surface area contributed by atoms with Crippen LogP contribution >= 0.6 is 12.4 Å². The van der Waals surface area contributed by atoms with Crippen molar-refractivity contribution in [2.75, 3.05) is 33.4 Å². The molecule has 118 valence electrons. The second kappa shape index (κ2) is 7.52. The number of amides is 1. The zero-order valence-corrected chi connectivity index (χ0v) is 12.6. The third-order valence-corrected chi connectivity index (χ3v) is 4.00. The lowest BCUT2D eigenvalue weighted by molar-refractivity contribution is -0.132. The number of alkyl halides is 2. The van der Waals surface area contributed by atoms with Gasteiger partial charge >= 0.3 is 0 Å². The molecular weight excluding hydrogens is 290 g/mol. The van der Waals surface area contributed by atoms with Gasteiger partial charge in [0.1, 0.15) is 0 Å². The number of carbonyl (C=O) groups excluding carboxylic acids is 1. The van der Waals surface area contributed by atoms with Crippen molar-refractivity contribution in [2.45, 2.75) is 37.6 Å². The highest BCUT2D eigenvalue weighted by Crippen LogP contribution is 2.26. The van der Waals surface area contributed by atoms with E-state index in [2.05, 4.69) is 5.32 Å². The van der Waals surface area contributed by atoms with E-state index in [9.17, 15) is 13.6 Å². The van der Waals surface area contributed by atoms with Crippen LogP contribution in [-0.2, 0) is 9.53 Å². The summed E-state index contributed by atoms with van der Waals surface area (Å²) in [5.74, 6) is -2.38. The lowest BCUT2D eigenvalue weighted by atomic mass is 9.96. The number of ether oxygens (including phenoxy) is 1. The molecule has 2 rings (SSSR count). The zero-order chi connectivity index (χ0) is 13.9. The summed E-state index contributed by atoms with van der Waals surface area (Å²) in [6.45, 7) is 1.82. The molecule has 0 spiro atoms. The minimum Gasteiger partial charge on any atom is -0.381 e. The van der Waals surface area contributed by atoms with E-state index >= 15 is 0 Å². The number of hydrogen-bond acceptors (Lipinski definition) is 3. The highest BCUT2D eigenvalue weighted by atomic mass is 35.5. The molecule has 1 amide bonds. The van der Waals surface area contributed by atoms with Crippen LogP contribution in [0.3, 0.4) is 0 Å². The summed E-state index contributed by atoms with van der Waals surface area (Å²) in [6.07, 6.45) is 2.60. The molecule has 0 bridgehead atoms. The molecule has 1 atom stereocenters. The van der Waals surface area contributed by atoms with Crippen molar-refractivity contribution in [3.63, 3.8) is 0 Å². The van der Waals surface area contributed by atoms with Gasteiger partial charge in [-0.25, -0.2) is 8.78 Å². The summed E-state index contributed by atoms with van der Waals surface area (Å²) in [5, 5.41) is 2.60. The van der Waals surface area contributed by atoms with Crippen LogP contribution in [0, 0.1) is 5.92 Å². The van der Waals surface area contributed by atoms with Gasteiger partial charge in [-0.05, 0) is 25.2 Å². The van der Waals surface area contributed by atoms with Gasteiger partial charge in [-0.3, -0.25) is 10.1 Å². The number of likely N-dealkylation sites (N-methyl/N-ethyl adjacent to an activating group) is 1. The topological polar surface area (TPSA) is 41.6 Å². The van der Waals surface area contributed by atoms with Gasteiger partial charge in [0, 0.05) is 33.2 Å². The highest BCUT2D eigenvalue weighted by Gasteiger charge is 2.43. The van der Waals surface area contributed by atoms with Crippen LogP contribution in [0.1, 0.15) is 25.7 Å². The van der Waals surface area contributed by atoms with Crippen molar-refractivity contribution in [1.29, 1.82) is 0 Å². The number of hydrogen-bond donors (Lipinski definition) is 1. The molecule has 2 saturated heterocycles. The lowest BCUT2D eigenvalue weighted by Gasteiger charge is -2.26. The zero-order valence-electron chi connectivity index (χ0n) is 11.7. The molecule has 0 aromatic carbocycles. The van der Waals surface area contributed by atoms with Gasteiger partial charge in [-0.15, -0.1) is 12.4 Å². The first kappa shape index (κ1) is 17.6. The fraction of sp³-hybridized carbons (Fsp3) is 0.923. The average molecular weight is 313 g/mol. The fourth-order valence-electron chi connectivity index (χ4n) is 2.68. The maximum absolute atomic E-state index is 13.0. The van der Waals surface area contributed by atoms with Gasteiger partial charge in [0.25, 0.3) is 5.92 Å². The minimum absolute atomic E-state index is 0. The Kier molecular flexibility index (Phi) is 6.61. The number of halogens is 3. The maximum atomic E-state index is 13.0. The second-order valence-corrected chi connectivity index (χ2v) is 5.60. The van der Waals surface area contributed by atoms with Crippen LogP contribution in [0.25, 0.3) is 0 Å². The summed E-state index contributed by atoms with van der Waals surface area (Å²) in [7, 11) is 1.69. The van der Waals surface area contributed by atoms with E-state index in [4.69, 9.17) is 4.74 Å². The van der Waals surface area contributed by atoms with Crippen LogP contribution in [-0.4, -0.2) is 56.1 Å². The first-order chi connectivity index (χ1) is 8.98. The Morgan fingerprint density at radius 1 is 1.40 bits per heavy atom. The van der Waals surface area contributed by atoms with Gasteiger partial charge in [-0.2, -0.15) is 0 Å². The molecule has 2 aliphatic heterocycles. The Morgan fingerprint density at radius 3 is 2.60 bits per heavy atom. The minimum atomic E-state index is -2.75. The van der Waals surface area contributed by atoms with Crippen LogP contribution in [0.4, 0.5) is 8.78 Å². The van der Waals surface area contributed by atoms with Crippen LogP contribution < -0.4 is 5.32 Å². The lowest BCUT2D eigenvalue weighted by Crippen LogP contribution is -2.42. The normalized spacial score (nSPS) is 26.1. The summed E-state index contributed by atoms with van der Waals surface area (Å²) in [6, 6.07) is -0.727. The fourth-order valence-corrected chi connectivity index (χ4v) is 2.68. The van der Waals surface area contributed by atoms with Crippen molar-refractivity contribution in [1.82, 2.24) is 10.2 Å². The Morgan fingerprint density at radius 2 is 2.05 bits per heavy atom. The predicted octanol–water partition coefficient (Wildman–Crippen LogP) is 1.68. The number of rotatable bonds is 4. The Bertz CT molecular complexity index is 325. The summed E-state index contributed by atoms with van der Waals surface area (Å²) in [5.41, 5.74) is 0. The average Bonchev–Trinajstić information content (AvgIpc) is 2.76. The summed E-state index contributed by atoms with van der Waals surface area (Å²) >= 11 is 0. The molecule has 1 N–H and O–H groups in total. The van der Waals surface area contributed by atoms with Gasteiger partial charge in [0.2, 0.25) is 5.91 Å². The Labute approximate surface area is 124 Å². The molecule has 0 radical (unpaired) electrons. The van der Waals surface area contributed by atoms with E-state index in [1.165, 1.54) is 0 Å². The molecule has 0 saturated carbocycles. The van der Waals surface area contributed by atoms with Gasteiger partial charge in [-0.1, -0.05) is 0 Å². The first-order valence-electron chi connectivity index (χ1n) is 6.92. The van der Waals surface area contributed by atoms with Gasteiger partial charge in [0.15, 0.2) is 0 Å². The number of nitrogens with zero attached hydrogens (tertiary/aromatic N) is 1.